The molecule has 3 aromatic rings. The Morgan fingerprint density at radius 3 is 2.62 bits per heavy atom. The molecule has 0 N–H and O–H groups in total. The number of hydrogen-bond donors (Lipinski definition) is 0. The van der Waals surface area contributed by atoms with Crippen molar-refractivity contribution in [3.05, 3.63) is 54.3 Å². The largest absolute Gasteiger partial charge is 0.490 e. The normalized spacial score (nSPS) is 14.7. The van der Waals surface area contributed by atoms with Gasteiger partial charge in [0.25, 0.3) is 0 Å². The molecule has 7 nitrogen and oxygen atoms in total. The van der Waals surface area contributed by atoms with Gasteiger partial charge in [0, 0.05) is 31.0 Å². The Bertz CT molecular complexity index is 1180. The zero-order chi connectivity index (χ0) is 22.6. The number of halogens is 1. The third-order valence-electron chi connectivity index (χ3n) is 5.24. The second-order valence-corrected chi connectivity index (χ2v) is 10.3. The number of ether oxygens (including phenoxy) is 1. The molecule has 2 heterocycles. The summed E-state index contributed by atoms with van der Waals surface area (Å²) >= 11 is 1.46. The quantitative estimate of drug-likeness (QED) is 0.342. The van der Waals surface area contributed by atoms with E-state index in [1.54, 1.807) is 36.4 Å². The summed E-state index contributed by atoms with van der Waals surface area (Å²) in [6.07, 6.45) is 1.79. The smallest absolute Gasteiger partial charge is 0.243 e. The fraction of sp³-hybridized carbons (Fsp3) is 0.364. The van der Waals surface area contributed by atoms with Crippen LogP contribution in [-0.2, 0) is 16.6 Å². The van der Waals surface area contributed by atoms with Crippen LogP contribution in [0.15, 0.2) is 58.6 Å². The molecule has 0 amide bonds. The number of rotatable bonds is 9. The van der Waals surface area contributed by atoms with E-state index in [1.165, 1.54) is 22.1 Å². The average molecular weight is 477 g/mol. The van der Waals surface area contributed by atoms with Crippen LogP contribution in [0, 0.1) is 5.82 Å². The Kier molecular flexibility index (Phi) is 7.12. The number of thioether (sulfide) groups is 1. The molecule has 0 aliphatic carbocycles. The predicted octanol–water partition coefficient (Wildman–Crippen LogP) is 4.06. The van der Waals surface area contributed by atoms with E-state index in [0.29, 0.717) is 48.5 Å². The first-order valence-electron chi connectivity index (χ1n) is 10.5. The van der Waals surface area contributed by atoms with E-state index in [4.69, 9.17) is 4.74 Å². The monoisotopic (exact) mass is 476 g/mol. The average Bonchev–Trinajstić information content (AvgIpc) is 3.48. The van der Waals surface area contributed by atoms with Gasteiger partial charge in [-0.15, -0.1) is 10.2 Å². The fourth-order valence-electron chi connectivity index (χ4n) is 3.61. The Morgan fingerprint density at radius 1 is 1.09 bits per heavy atom. The van der Waals surface area contributed by atoms with Crippen LogP contribution in [0.4, 0.5) is 4.39 Å². The first-order chi connectivity index (χ1) is 15.5. The minimum atomic E-state index is -3.51. The van der Waals surface area contributed by atoms with Gasteiger partial charge in [-0.05, 0) is 44.0 Å². The Hall–Kier alpha value is -2.43. The number of hydrogen-bond acceptors (Lipinski definition) is 6. The summed E-state index contributed by atoms with van der Waals surface area (Å²) in [6.45, 7) is 4.06. The number of para-hydroxylation sites is 1. The maximum absolute atomic E-state index is 13.7. The van der Waals surface area contributed by atoms with Crippen LogP contribution < -0.4 is 4.74 Å². The van der Waals surface area contributed by atoms with Gasteiger partial charge in [-0.25, -0.2) is 12.8 Å². The highest BCUT2D eigenvalue weighted by Crippen LogP contribution is 2.28. The third-order valence-corrected chi connectivity index (χ3v) is 8.06. The predicted molar refractivity (Wildman–Crippen MR) is 122 cm³/mol. The molecular weight excluding hydrogens is 451 g/mol. The number of benzene rings is 2. The van der Waals surface area contributed by atoms with Crippen molar-refractivity contribution in [1.82, 2.24) is 19.1 Å². The fourth-order valence-corrected chi connectivity index (χ4v) is 6.00. The van der Waals surface area contributed by atoms with Gasteiger partial charge in [-0.3, -0.25) is 0 Å². The van der Waals surface area contributed by atoms with E-state index in [-0.39, 0.29) is 16.5 Å². The lowest BCUT2D eigenvalue weighted by molar-refractivity contribution is 0.325. The van der Waals surface area contributed by atoms with Gasteiger partial charge < -0.3 is 9.30 Å². The van der Waals surface area contributed by atoms with Crippen molar-refractivity contribution < 1.29 is 17.5 Å². The van der Waals surface area contributed by atoms with E-state index in [0.717, 1.165) is 12.8 Å². The lowest BCUT2D eigenvalue weighted by Crippen LogP contribution is -2.27. The maximum atomic E-state index is 13.7. The lowest BCUT2D eigenvalue weighted by atomic mass is 10.2. The molecule has 1 aliphatic heterocycles. The Balaban J connectivity index is 1.47. The lowest BCUT2D eigenvalue weighted by Gasteiger charge is -2.16. The number of sulfonamides is 1. The number of aromatic nitrogens is 3. The van der Waals surface area contributed by atoms with Gasteiger partial charge in [-0.1, -0.05) is 36.0 Å². The Morgan fingerprint density at radius 2 is 1.88 bits per heavy atom. The topological polar surface area (TPSA) is 77.3 Å². The summed E-state index contributed by atoms with van der Waals surface area (Å²) in [5.41, 5.74) is 0.703. The molecule has 1 saturated heterocycles. The summed E-state index contributed by atoms with van der Waals surface area (Å²) in [5, 5.41) is 9.29. The molecule has 2 aromatic carbocycles. The molecule has 0 spiro atoms. The molecule has 1 aromatic heterocycles. The molecule has 1 aliphatic rings. The highest BCUT2D eigenvalue weighted by Gasteiger charge is 2.27. The molecule has 0 atom stereocenters. The van der Waals surface area contributed by atoms with Crippen molar-refractivity contribution in [3.8, 4) is 17.1 Å². The SMILES string of the molecule is CCn1c(SCCOc2ccccc2F)nnc1-c1cccc(S(=O)(=O)N2CCCC2)c1. The van der Waals surface area contributed by atoms with Crippen molar-refractivity contribution in [2.75, 3.05) is 25.4 Å². The highest BCUT2D eigenvalue weighted by molar-refractivity contribution is 7.99. The number of nitrogens with zero attached hydrogens (tertiary/aromatic N) is 4. The van der Waals surface area contributed by atoms with Gasteiger partial charge in [-0.2, -0.15) is 4.31 Å². The second-order valence-electron chi connectivity index (χ2n) is 7.32. The standard InChI is InChI=1S/C22H25FN4O3S2/c1-2-27-21(17-8-7-9-18(16-17)32(28,29)26-12-5-6-13-26)24-25-22(27)31-15-14-30-20-11-4-3-10-19(20)23/h3-4,7-11,16H,2,5-6,12-15H2,1H3. The van der Waals surface area contributed by atoms with Gasteiger partial charge in [0.15, 0.2) is 22.5 Å². The second kappa shape index (κ2) is 10.0. The van der Waals surface area contributed by atoms with Crippen LogP contribution in [0.1, 0.15) is 19.8 Å². The Labute approximate surface area is 191 Å². The van der Waals surface area contributed by atoms with Crippen LogP contribution >= 0.6 is 11.8 Å². The van der Waals surface area contributed by atoms with Gasteiger partial charge >= 0.3 is 0 Å². The van der Waals surface area contributed by atoms with Crippen molar-refractivity contribution >= 4 is 21.8 Å². The van der Waals surface area contributed by atoms with Crippen LogP contribution in [0.2, 0.25) is 0 Å². The molecule has 0 bridgehead atoms. The molecular formula is C22H25FN4O3S2. The molecule has 4 rings (SSSR count). The van der Waals surface area contributed by atoms with Crippen molar-refractivity contribution in [2.24, 2.45) is 0 Å². The minimum Gasteiger partial charge on any atom is -0.490 e. The van der Waals surface area contributed by atoms with E-state index in [9.17, 15) is 12.8 Å². The highest BCUT2D eigenvalue weighted by atomic mass is 32.2. The molecule has 0 saturated carbocycles. The van der Waals surface area contributed by atoms with Crippen LogP contribution in [0.5, 0.6) is 5.75 Å². The van der Waals surface area contributed by atoms with E-state index < -0.39 is 10.0 Å². The van der Waals surface area contributed by atoms with Crippen LogP contribution in [-0.4, -0.2) is 52.9 Å². The van der Waals surface area contributed by atoms with Gasteiger partial charge in [0.05, 0.1) is 11.5 Å². The molecule has 1 fully saturated rings. The van der Waals surface area contributed by atoms with Gasteiger partial charge in [0.1, 0.15) is 0 Å². The summed E-state index contributed by atoms with van der Waals surface area (Å²) in [5.74, 6) is 1.01. The van der Waals surface area contributed by atoms with Crippen molar-refractivity contribution in [3.63, 3.8) is 0 Å². The molecule has 10 heteroatoms. The summed E-state index contributed by atoms with van der Waals surface area (Å²) in [4.78, 5) is 0.273. The van der Waals surface area contributed by atoms with E-state index in [2.05, 4.69) is 10.2 Å². The van der Waals surface area contributed by atoms with Crippen LogP contribution in [0.3, 0.4) is 0 Å². The molecule has 0 radical (unpaired) electrons. The molecule has 170 valence electrons. The van der Waals surface area contributed by atoms with Crippen molar-refractivity contribution in [2.45, 2.75) is 36.4 Å². The van der Waals surface area contributed by atoms with Crippen LogP contribution in [0.25, 0.3) is 11.4 Å². The first-order valence-corrected chi connectivity index (χ1v) is 13.0. The van der Waals surface area contributed by atoms with Gasteiger partial charge in [0.2, 0.25) is 10.0 Å². The summed E-state index contributed by atoms with van der Waals surface area (Å²) < 4.78 is 48.5. The zero-order valence-corrected chi connectivity index (χ0v) is 19.4. The van der Waals surface area contributed by atoms with Crippen molar-refractivity contribution in [1.29, 1.82) is 0 Å². The van der Waals surface area contributed by atoms with E-state index in [1.807, 2.05) is 17.6 Å². The van der Waals surface area contributed by atoms with E-state index >= 15 is 0 Å². The summed E-state index contributed by atoms with van der Waals surface area (Å²) in [6, 6.07) is 13.2. The first kappa shape index (κ1) is 22.8. The summed E-state index contributed by atoms with van der Waals surface area (Å²) in [7, 11) is -3.51. The third kappa shape index (κ3) is 4.82. The zero-order valence-electron chi connectivity index (χ0n) is 17.8. The molecule has 32 heavy (non-hydrogen) atoms. The minimum absolute atomic E-state index is 0.224. The maximum Gasteiger partial charge on any atom is 0.243 e. The molecule has 0 unspecified atom stereocenters.